The van der Waals surface area contributed by atoms with Gasteiger partial charge in [-0.1, -0.05) is 13.8 Å². The zero-order chi connectivity index (χ0) is 13.2. The van der Waals surface area contributed by atoms with E-state index >= 15 is 0 Å². The first-order valence-corrected chi connectivity index (χ1v) is 7.38. The molecule has 0 atom stereocenters. The largest absolute Gasteiger partial charge is 0.508 e. The van der Waals surface area contributed by atoms with E-state index in [-0.39, 0.29) is 0 Å². The lowest BCUT2D eigenvalue weighted by atomic mass is 10.1. The van der Waals surface area contributed by atoms with Crippen LogP contribution in [0.25, 0.3) is 0 Å². The van der Waals surface area contributed by atoms with Crippen molar-refractivity contribution < 1.29 is 5.11 Å². The van der Waals surface area contributed by atoms with Gasteiger partial charge in [0.15, 0.2) is 0 Å². The molecule has 1 aromatic carbocycles. The maximum absolute atomic E-state index is 9.85. The summed E-state index contributed by atoms with van der Waals surface area (Å²) in [4.78, 5) is 2.40. The summed E-state index contributed by atoms with van der Waals surface area (Å²) in [6, 6.07) is 5.29. The summed E-state index contributed by atoms with van der Waals surface area (Å²) in [6.07, 6.45) is 1.18. The smallest absolute Gasteiger partial charge is 0.120 e. The molecule has 1 saturated heterocycles. The number of anilines is 1. The number of nitrogen functional groups attached to an aromatic ring is 1. The van der Waals surface area contributed by atoms with Crippen LogP contribution in [0.2, 0.25) is 0 Å². The number of hydrogen-bond donors (Lipinski definition) is 2. The van der Waals surface area contributed by atoms with E-state index in [0.29, 0.717) is 16.2 Å². The molecule has 0 bridgehead atoms. The van der Waals surface area contributed by atoms with Gasteiger partial charge in [0.2, 0.25) is 0 Å². The molecule has 100 valence electrons. The molecule has 3 nitrogen and oxygen atoms in total. The minimum Gasteiger partial charge on any atom is -0.508 e. The molecule has 1 aromatic rings. The Morgan fingerprint density at radius 2 is 2.17 bits per heavy atom. The molecule has 1 fully saturated rings. The van der Waals surface area contributed by atoms with Crippen molar-refractivity contribution in [2.24, 2.45) is 0 Å². The Balaban J connectivity index is 2.03. The van der Waals surface area contributed by atoms with E-state index in [2.05, 4.69) is 18.7 Å². The van der Waals surface area contributed by atoms with Crippen LogP contribution in [-0.2, 0) is 6.54 Å². The molecule has 3 N–H and O–H groups in total. The fourth-order valence-electron chi connectivity index (χ4n) is 2.19. The predicted molar refractivity (Wildman–Crippen MR) is 79.0 cm³/mol. The standard InChI is InChI=1S/C14H22N2OS/c1-14(2)5-6-16(7-8-18-14)10-11-9-12(15)3-4-13(11)17/h3-4,9,17H,5-8,10,15H2,1-2H3. The van der Waals surface area contributed by atoms with Crippen LogP contribution in [0.1, 0.15) is 25.8 Å². The van der Waals surface area contributed by atoms with Crippen LogP contribution >= 0.6 is 11.8 Å². The van der Waals surface area contributed by atoms with Gasteiger partial charge < -0.3 is 10.8 Å². The molecule has 18 heavy (non-hydrogen) atoms. The number of aromatic hydroxyl groups is 1. The van der Waals surface area contributed by atoms with E-state index in [0.717, 1.165) is 31.0 Å². The monoisotopic (exact) mass is 266 g/mol. The van der Waals surface area contributed by atoms with Gasteiger partial charge in [-0.2, -0.15) is 11.8 Å². The third-order valence-electron chi connectivity index (χ3n) is 3.43. The Morgan fingerprint density at radius 1 is 1.39 bits per heavy atom. The van der Waals surface area contributed by atoms with Gasteiger partial charge in [-0.25, -0.2) is 0 Å². The average Bonchev–Trinajstić information content (AvgIpc) is 2.46. The number of thioether (sulfide) groups is 1. The number of phenols is 1. The highest BCUT2D eigenvalue weighted by Crippen LogP contribution is 2.31. The first-order valence-electron chi connectivity index (χ1n) is 6.40. The highest BCUT2D eigenvalue weighted by molar-refractivity contribution is 8.00. The maximum atomic E-state index is 9.85. The Morgan fingerprint density at radius 3 is 2.94 bits per heavy atom. The zero-order valence-corrected chi connectivity index (χ0v) is 12.0. The van der Waals surface area contributed by atoms with Crippen LogP contribution in [0.3, 0.4) is 0 Å². The molecular formula is C14H22N2OS. The van der Waals surface area contributed by atoms with Crippen LogP contribution in [0.4, 0.5) is 5.69 Å². The number of rotatable bonds is 2. The number of nitrogens with two attached hydrogens (primary N) is 1. The summed E-state index contributed by atoms with van der Waals surface area (Å²) in [5.74, 6) is 1.50. The molecule has 0 amide bonds. The number of phenolic OH excluding ortho intramolecular Hbond substituents is 1. The van der Waals surface area contributed by atoms with Gasteiger partial charge >= 0.3 is 0 Å². The lowest BCUT2D eigenvalue weighted by Gasteiger charge is -2.23. The molecule has 1 aliphatic heterocycles. The molecule has 0 radical (unpaired) electrons. The van der Waals surface area contributed by atoms with Gasteiger partial charge in [-0.05, 0) is 31.2 Å². The van der Waals surface area contributed by atoms with Crippen LogP contribution in [0.5, 0.6) is 5.75 Å². The summed E-state index contributed by atoms with van der Waals surface area (Å²) in [5.41, 5.74) is 7.42. The molecule has 2 rings (SSSR count). The van der Waals surface area contributed by atoms with Crippen molar-refractivity contribution in [3.63, 3.8) is 0 Å². The van der Waals surface area contributed by atoms with E-state index in [9.17, 15) is 5.11 Å². The average molecular weight is 266 g/mol. The van der Waals surface area contributed by atoms with Crippen molar-refractivity contribution in [3.8, 4) is 5.75 Å². The maximum Gasteiger partial charge on any atom is 0.120 e. The fourth-order valence-corrected chi connectivity index (χ4v) is 3.33. The van der Waals surface area contributed by atoms with Crippen LogP contribution in [0, 0.1) is 0 Å². The van der Waals surface area contributed by atoms with E-state index < -0.39 is 0 Å². The van der Waals surface area contributed by atoms with E-state index in [1.165, 1.54) is 6.42 Å². The summed E-state index contributed by atoms with van der Waals surface area (Å²) < 4.78 is 0.368. The third kappa shape index (κ3) is 3.56. The van der Waals surface area contributed by atoms with Crippen molar-refractivity contribution in [2.75, 3.05) is 24.6 Å². The molecule has 0 unspecified atom stereocenters. The van der Waals surface area contributed by atoms with Gasteiger partial charge in [0.25, 0.3) is 0 Å². The molecule has 0 saturated carbocycles. The summed E-state index contributed by atoms with van der Waals surface area (Å²) >= 11 is 2.03. The topological polar surface area (TPSA) is 49.5 Å². The Kier molecular flexibility index (Phi) is 4.07. The van der Waals surface area contributed by atoms with E-state index in [1.807, 2.05) is 17.8 Å². The van der Waals surface area contributed by atoms with Gasteiger partial charge in [0.05, 0.1) is 0 Å². The second kappa shape index (κ2) is 5.41. The van der Waals surface area contributed by atoms with Gasteiger partial charge in [0, 0.05) is 34.8 Å². The van der Waals surface area contributed by atoms with Crippen molar-refractivity contribution in [1.82, 2.24) is 4.90 Å². The first-order chi connectivity index (χ1) is 8.46. The number of hydrogen-bond acceptors (Lipinski definition) is 4. The van der Waals surface area contributed by atoms with Crippen molar-refractivity contribution in [1.29, 1.82) is 0 Å². The zero-order valence-electron chi connectivity index (χ0n) is 11.1. The number of nitrogens with zero attached hydrogens (tertiary/aromatic N) is 1. The summed E-state index contributed by atoms with van der Waals surface area (Å²) in [6.45, 7) is 7.54. The van der Waals surface area contributed by atoms with Crippen molar-refractivity contribution in [3.05, 3.63) is 23.8 Å². The molecule has 1 heterocycles. The third-order valence-corrected chi connectivity index (χ3v) is 4.80. The minimum absolute atomic E-state index is 0.348. The van der Waals surface area contributed by atoms with Crippen molar-refractivity contribution in [2.45, 2.75) is 31.6 Å². The Labute approximate surface area is 113 Å². The van der Waals surface area contributed by atoms with E-state index in [4.69, 9.17) is 5.73 Å². The Hall–Kier alpha value is -0.870. The molecular weight excluding hydrogens is 244 g/mol. The highest BCUT2D eigenvalue weighted by atomic mass is 32.2. The number of benzene rings is 1. The second-order valence-corrected chi connectivity index (χ2v) is 7.32. The molecule has 0 aliphatic carbocycles. The van der Waals surface area contributed by atoms with Crippen molar-refractivity contribution >= 4 is 17.4 Å². The van der Waals surface area contributed by atoms with Crippen LogP contribution in [0.15, 0.2) is 18.2 Å². The molecule has 4 heteroatoms. The molecule has 0 aromatic heterocycles. The minimum atomic E-state index is 0.348. The second-order valence-electron chi connectivity index (χ2n) is 5.52. The SMILES string of the molecule is CC1(C)CCN(Cc2cc(N)ccc2O)CCS1. The molecule has 1 aliphatic rings. The Bertz CT molecular complexity index is 420. The van der Waals surface area contributed by atoms with Gasteiger partial charge in [0.1, 0.15) is 5.75 Å². The highest BCUT2D eigenvalue weighted by Gasteiger charge is 2.23. The molecule has 0 spiro atoms. The first kappa shape index (κ1) is 13.6. The van der Waals surface area contributed by atoms with Crippen LogP contribution < -0.4 is 5.73 Å². The normalized spacial score (nSPS) is 20.6. The lowest BCUT2D eigenvalue weighted by Crippen LogP contribution is -2.26. The summed E-state index contributed by atoms with van der Waals surface area (Å²) in [5, 5.41) is 9.85. The fraction of sp³-hybridized carbons (Fsp3) is 0.571. The van der Waals surface area contributed by atoms with Gasteiger partial charge in [-0.15, -0.1) is 0 Å². The summed E-state index contributed by atoms with van der Waals surface area (Å²) in [7, 11) is 0. The van der Waals surface area contributed by atoms with E-state index in [1.54, 1.807) is 12.1 Å². The lowest BCUT2D eigenvalue weighted by molar-refractivity contribution is 0.272. The predicted octanol–water partition coefficient (Wildman–Crippen LogP) is 2.69. The van der Waals surface area contributed by atoms with Crippen LogP contribution in [-0.4, -0.2) is 33.6 Å². The van der Waals surface area contributed by atoms with Gasteiger partial charge in [-0.3, -0.25) is 4.90 Å². The quantitative estimate of drug-likeness (QED) is 0.638.